The molecule has 0 spiro atoms. The third-order valence-corrected chi connectivity index (χ3v) is 2.40. The van der Waals surface area contributed by atoms with Gasteiger partial charge in [0.2, 0.25) is 0 Å². The van der Waals surface area contributed by atoms with Gasteiger partial charge in [0, 0.05) is 9.86 Å². The highest BCUT2D eigenvalue weighted by molar-refractivity contribution is 9.10. The van der Waals surface area contributed by atoms with Crippen LogP contribution in [0.1, 0.15) is 5.76 Å². The Balaban J connectivity index is 2.76. The van der Waals surface area contributed by atoms with Crippen molar-refractivity contribution in [3.63, 3.8) is 0 Å². The predicted molar refractivity (Wildman–Crippen MR) is 54.2 cm³/mol. The van der Waals surface area contributed by atoms with Crippen LogP contribution in [0.3, 0.4) is 0 Å². The minimum absolute atomic E-state index is 0.169. The predicted octanol–water partition coefficient (Wildman–Crippen LogP) is 2.27. The van der Waals surface area contributed by atoms with E-state index in [1.54, 1.807) is 0 Å². The van der Waals surface area contributed by atoms with Crippen LogP contribution in [0.4, 0.5) is 5.69 Å². The van der Waals surface area contributed by atoms with E-state index in [9.17, 15) is 0 Å². The molecule has 0 aliphatic heterocycles. The van der Waals surface area contributed by atoms with Crippen LogP contribution in [0.15, 0.2) is 27.1 Å². The van der Waals surface area contributed by atoms with Crippen LogP contribution in [0.2, 0.25) is 0 Å². The Kier molecular flexibility index (Phi) is 2.01. The maximum atomic E-state index is 8.90. The number of fused-ring (bicyclic) bond motifs is 1. The van der Waals surface area contributed by atoms with Gasteiger partial charge in [0.15, 0.2) is 5.76 Å². The zero-order chi connectivity index (χ0) is 9.42. The first-order valence-electron chi connectivity index (χ1n) is 3.79. The van der Waals surface area contributed by atoms with E-state index < -0.39 is 0 Å². The highest BCUT2D eigenvalue weighted by Gasteiger charge is 2.09. The van der Waals surface area contributed by atoms with Crippen molar-refractivity contribution in [1.82, 2.24) is 0 Å². The molecule has 0 unspecified atom stereocenters. The van der Waals surface area contributed by atoms with Crippen molar-refractivity contribution in [1.29, 1.82) is 0 Å². The third kappa shape index (κ3) is 1.32. The Labute approximate surface area is 83.3 Å². The summed E-state index contributed by atoms with van der Waals surface area (Å²) in [6.07, 6.45) is 0. The molecule has 0 saturated heterocycles. The molecule has 0 saturated carbocycles. The lowest BCUT2D eigenvalue weighted by Crippen LogP contribution is -1.88. The molecule has 3 nitrogen and oxygen atoms in total. The normalized spacial score (nSPS) is 10.9. The topological polar surface area (TPSA) is 59.4 Å². The van der Waals surface area contributed by atoms with E-state index in [0.717, 1.165) is 9.86 Å². The van der Waals surface area contributed by atoms with Crippen LogP contribution < -0.4 is 5.73 Å². The van der Waals surface area contributed by atoms with Crippen molar-refractivity contribution in [2.24, 2.45) is 0 Å². The number of aliphatic hydroxyl groups excluding tert-OH is 1. The minimum Gasteiger partial charge on any atom is -0.456 e. The summed E-state index contributed by atoms with van der Waals surface area (Å²) in [5.41, 5.74) is 6.94. The van der Waals surface area contributed by atoms with Crippen molar-refractivity contribution in [3.8, 4) is 0 Å². The van der Waals surface area contributed by atoms with Gasteiger partial charge in [0.05, 0.1) is 5.69 Å². The third-order valence-electron chi connectivity index (χ3n) is 1.91. The Morgan fingerprint density at radius 3 is 2.92 bits per heavy atom. The smallest absolute Gasteiger partial charge is 0.153 e. The zero-order valence-electron chi connectivity index (χ0n) is 6.75. The molecule has 1 aromatic heterocycles. The number of benzene rings is 1. The summed E-state index contributed by atoms with van der Waals surface area (Å²) in [5.74, 6) is 0.424. The number of hydrogen-bond donors (Lipinski definition) is 2. The monoisotopic (exact) mass is 241 g/mol. The van der Waals surface area contributed by atoms with E-state index in [1.807, 2.05) is 18.2 Å². The van der Waals surface area contributed by atoms with E-state index in [0.29, 0.717) is 17.0 Å². The van der Waals surface area contributed by atoms with Crippen LogP contribution in [0, 0.1) is 0 Å². The molecule has 68 valence electrons. The molecular weight excluding hydrogens is 234 g/mol. The van der Waals surface area contributed by atoms with Gasteiger partial charge in [-0.3, -0.25) is 0 Å². The molecule has 0 fully saturated rings. The molecule has 13 heavy (non-hydrogen) atoms. The summed E-state index contributed by atoms with van der Waals surface area (Å²) in [5, 5.41) is 9.74. The Hall–Kier alpha value is -1.000. The van der Waals surface area contributed by atoms with E-state index in [1.165, 1.54) is 0 Å². The average molecular weight is 242 g/mol. The minimum atomic E-state index is -0.169. The van der Waals surface area contributed by atoms with Crippen LogP contribution in [-0.4, -0.2) is 5.11 Å². The number of nitrogen functional groups attached to an aromatic ring is 1. The molecule has 0 amide bonds. The highest BCUT2D eigenvalue weighted by Crippen LogP contribution is 2.30. The van der Waals surface area contributed by atoms with Crippen LogP contribution in [-0.2, 0) is 6.61 Å². The second-order valence-electron chi connectivity index (χ2n) is 2.74. The number of nitrogens with two attached hydrogens (primary N) is 1. The van der Waals surface area contributed by atoms with Gasteiger partial charge in [0.1, 0.15) is 12.2 Å². The summed E-state index contributed by atoms with van der Waals surface area (Å²) in [6, 6.07) is 5.57. The fourth-order valence-electron chi connectivity index (χ4n) is 1.26. The van der Waals surface area contributed by atoms with Crippen molar-refractivity contribution in [3.05, 3.63) is 28.4 Å². The zero-order valence-corrected chi connectivity index (χ0v) is 8.34. The molecule has 3 N–H and O–H groups in total. The number of anilines is 1. The van der Waals surface area contributed by atoms with E-state index >= 15 is 0 Å². The maximum Gasteiger partial charge on any atom is 0.153 e. The summed E-state index contributed by atoms with van der Waals surface area (Å²) in [4.78, 5) is 0. The standard InChI is InChI=1S/C9H8BrNO2/c10-5-1-2-6-7(3-5)13-8(4-12)9(6)11/h1-3,12H,4,11H2. The number of rotatable bonds is 1. The molecule has 1 heterocycles. The molecule has 0 aliphatic carbocycles. The van der Waals surface area contributed by atoms with Gasteiger partial charge in [-0.2, -0.15) is 0 Å². The number of furan rings is 1. The van der Waals surface area contributed by atoms with Gasteiger partial charge < -0.3 is 15.3 Å². The summed E-state index contributed by atoms with van der Waals surface area (Å²) < 4.78 is 6.25. The van der Waals surface area contributed by atoms with Gasteiger partial charge >= 0.3 is 0 Å². The van der Waals surface area contributed by atoms with Crippen LogP contribution in [0.25, 0.3) is 11.0 Å². The number of aliphatic hydroxyl groups is 1. The molecule has 0 radical (unpaired) electrons. The fraction of sp³-hybridized carbons (Fsp3) is 0.111. The molecule has 0 aliphatic rings. The first kappa shape index (κ1) is 8.59. The molecule has 0 bridgehead atoms. The lowest BCUT2D eigenvalue weighted by molar-refractivity contribution is 0.252. The molecule has 4 heteroatoms. The van der Waals surface area contributed by atoms with Crippen LogP contribution >= 0.6 is 15.9 Å². The number of hydrogen-bond acceptors (Lipinski definition) is 3. The van der Waals surface area contributed by atoms with Crippen LogP contribution in [0.5, 0.6) is 0 Å². The first-order chi connectivity index (χ1) is 6.22. The van der Waals surface area contributed by atoms with E-state index in [2.05, 4.69) is 15.9 Å². The van der Waals surface area contributed by atoms with Crippen molar-refractivity contribution >= 4 is 32.6 Å². The quantitative estimate of drug-likeness (QED) is 0.806. The lowest BCUT2D eigenvalue weighted by atomic mass is 10.2. The number of halogens is 1. The molecule has 0 atom stereocenters. The highest BCUT2D eigenvalue weighted by atomic mass is 79.9. The largest absolute Gasteiger partial charge is 0.456 e. The molecule has 2 aromatic rings. The van der Waals surface area contributed by atoms with Gasteiger partial charge in [-0.1, -0.05) is 15.9 Å². The summed E-state index contributed by atoms with van der Waals surface area (Å²) in [7, 11) is 0. The second-order valence-corrected chi connectivity index (χ2v) is 3.65. The lowest BCUT2D eigenvalue weighted by Gasteiger charge is -1.90. The van der Waals surface area contributed by atoms with Gasteiger partial charge in [-0.25, -0.2) is 0 Å². The van der Waals surface area contributed by atoms with Crippen molar-refractivity contribution in [2.45, 2.75) is 6.61 Å². The Bertz CT molecular complexity index is 450. The SMILES string of the molecule is Nc1c(CO)oc2cc(Br)ccc12. The van der Waals surface area contributed by atoms with Gasteiger partial charge in [-0.15, -0.1) is 0 Å². The van der Waals surface area contributed by atoms with Crippen molar-refractivity contribution in [2.75, 3.05) is 5.73 Å². The van der Waals surface area contributed by atoms with Crippen molar-refractivity contribution < 1.29 is 9.52 Å². The van der Waals surface area contributed by atoms with E-state index in [-0.39, 0.29) is 6.61 Å². The maximum absolute atomic E-state index is 8.90. The van der Waals surface area contributed by atoms with E-state index in [4.69, 9.17) is 15.3 Å². The molecule has 1 aromatic carbocycles. The van der Waals surface area contributed by atoms with Gasteiger partial charge in [-0.05, 0) is 18.2 Å². The Morgan fingerprint density at radius 1 is 1.46 bits per heavy atom. The first-order valence-corrected chi connectivity index (χ1v) is 4.59. The molecule has 2 rings (SSSR count). The summed E-state index contributed by atoms with van der Waals surface area (Å²) in [6.45, 7) is -0.169. The summed E-state index contributed by atoms with van der Waals surface area (Å²) >= 11 is 3.32. The fourth-order valence-corrected chi connectivity index (χ4v) is 1.60. The second kappa shape index (κ2) is 3.05. The average Bonchev–Trinajstić information content (AvgIpc) is 2.42. The Morgan fingerprint density at radius 2 is 2.23 bits per heavy atom. The van der Waals surface area contributed by atoms with Gasteiger partial charge in [0.25, 0.3) is 0 Å². The molecular formula is C9H8BrNO2.